The zero-order valence-corrected chi connectivity index (χ0v) is 14.6. The van der Waals surface area contributed by atoms with Crippen LogP contribution in [0.2, 0.25) is 0 Å². The zero-order chi connectivity index (χ0) is 18.0. The van der Waals surface area contributed by atoms with E-state index in [4.69, 9.17) is 4.52 Å². The molecule has 9 heteroatoms. The van der Waals surface area contributed by atoms with Crippen molar-refractivity contribution >= 4 is 10.0 Å². The Balaban J connectivity index is 1.59. The van der Waals surface area contributed by atoms with Crippen LogP contribution in [0.4, 0.5) is 8.78 Å². The lowest BCUT2D eigenvalue weighted by atomic mass is 9.93. The third-order valence-corrected chi connectivity index (χ3v) is 6.36. The lowest BCUT2D eigenvalue weighted by Crippen LogP contribution is -2.38. The fourth-order valence-electron chi connectivity index (χ4n) is 3.04. The summed E-state index contributed by atoms with van der Waals surface area (Å²) in [5.41, 5.74) is 0. The van der Waals surface area contributed by atoms with Crippen LogP contribution in [0.5, 0.6) is 0 Å². The summed E-state index contributed by atoms with van der Waals surface area (Å²) >= 11 is 0. The quantitative estimate of drug-likeness (QED) is 0.808. The van der Waals surface area contributed by atoms with Gasteiger partial charge in [-0.3, -0.25) is 0 Å². The molecule has 0 atom stereocenters. The second-order valence-electron chi connectivity index (χ2n) is 6.19. The average Bonchev–Trinajstić information content (AvgIpc) is 2.98. The first-order valence-corrected chi connectivity index (χ1v) is 9.54. The van der Waals surface area contributed by atoms with E-state index in [9.17, 15) is 17.2 Å². The molecule has 0 spiro atoms. The number of nitrogens with zero attached hydrogens (tertiary/aromatic N) is 3. The number of halogens is 2. The van der Waals surface area contributed by atoms with Crippen LogP contribution < -0.4 is 0 Å². The minimum atomic E-state index is -3.94. The fraction of sp³-hybridized carbons (Fsp3) is 0.500. The van der Waals surface area contributed by atoms with Crippen molar-refractivity contribution in [3.8, 4) is 0 Å². The second-order valence-corrected chi connectivity index (χ2v) is 8.10. The highest BCUT2D eigenvalue weighted by Crippen LogP contribution is 2.27. The van der Waals surface area contributed by atoms with Crippen LogP contribution in [0.25, 0.3) is 0 Å². The number of hydrogen-bond acceptors (Lipinski definition) is 5. The van der Waals surface area contributed by atoms with E-state index in [1.807, 2.05) is 0 Å². The largest absolute Gasteiger partial charge is 0.340 e. The van der Waals surface area contributed by atoms with E-state index in [-0.39, 0.29) is 0 Å². The van der Waals surface area contributed by atoms with Gasteiger partial charge in [0, 0.05) is 32.5 Å². The van der Waals surface area contributed by atoms with Gasteiger partial charge in [0.1, 0.15) is 16.5 Å². The maximum absolute atomic E-state index is 13.8. The lowest BCUT2D eigenvalue weighted by Gasteiger charge is -2.31. The molecule has 0 N–H and O–H groups in total. The van der Waals surface area contributed by atoms with Gasteiger partial charge in [0.2, 0.25) is 15.9 Å². The number of hydrogen-bond donors (Lipinski definition) is 0. The highest BCUT2D eigenvalue weighted by Gasteiger charge is 2.31. The number of piperidine rings is 1. The zero-order valence-electron chi connectivity index (χ0n) is 13.8. The van der Waals surface area contributed by atoms with Crippen LogP contribution in [-0.4, -0.2) is 36.0 Å². The van der Waals surface area contributed by atoms with Crippen LogP contribution >= 0.6 is 0 Å². The SMILES string of the molecule is Cc1nc(CCC2CCN(S(=O)(=O)c3ccc(F)cc3F)CC2)no1. The van der Waals surface area contributed by atoms with Crippen LogP contribution in [-0.2, 0) is 16.4 Å². The smallest absolute Gasteiger partial charge is 0.245 e. The molecule has 0 unspecified atom stereocenters. The summed E-state index contributed by atoms with van der Waals surface area (Å²) in [5.74, 6) is -0.331. The van der Waals surface area contributed by atoms with Crippen LogP contribution in [0, 0.1) is 24.5 Å². The topological polar surface area (TPSA) is 76.3 Å². The van der Waals surface area contributed by atoms with Gasteiger partial charge in [-0.1, -0.05) is 5.16 Å². The normalized spacial score (nSPS) is 17.1. The number of aryl methyl sites for hydroxylation is 2. The number of benzene rings is 1. The number of aromatic nitrogens is 2. The molecule has 2 aromatic rings. The van der Waals surface area contributed by atoms with Gasteiger partial charge >= 0.3 is 0 Å². The molecule has 0 bridgehead atoms. The Morgan fingerprint density at radius 1 is 1.28 bits per heavy atom. The Labute approximate surface area is 144 Å². The summed E-state index contributed by atoms with van der Waals surface area (Å²) in [4.78, 5) is 3.67. The van der Waals surface area contributed by atoms with Crippen molar-refractivity contribution in [2.45, 2.75) is 37.5 Å². The van der Waals surface area contributed by atoms with E-state index < -0.39 is 26.6 Å². The van der Waals surface area contributed by atoms with E-state index in [0.29, 0.717) is 56.1 Å². The summed E-state index contributed by atoms with van der Waals surface area (Å²) in [6.45, 7) is 2.36. The predicted octanol–water partition coefficient (Wildman–Crippen LogP) is 2.69. The van der Waals surface area contributed by atoms with Crippen molar-refractivity contribution in [1.29, 1.82) is 0 Å². The molecule has 1 aliphatic rings. The van der Waals surface area contributed by atoms with Gasteiger partial charge in [0.25, 0.3) is 0 Å². The molecule has 1 aromatic heterocycles. The first-order chi connectivity index (χ1) is 11.9. The maximum atomic E-state index is 13.8. The van der Waals surface area contributed by atoms with E-state index >= 15 is 0 Å². The molecule has 1 aliphatic heterocycles. The molecule has 0 amide bonds. The standard InChI is InChI=1S/C16H19F2N3O3S/c1-11-19-16(20-24-11)5-2-12-6-8-21(9-7-12)25(22,23)15-4-3-13(17)10-14(15)18/h3-4,10,12H,2,5-9H2,1H3. The van der Waals surface area contributed by atoms with Crippen molar-refractivity contribution in [1.82, 2.24) is 14.4 Å². The van der Waals surface area contributed by atoms with Crippen molar-refractivity contribution in [2.24, 2.45) is 5.92 Å². The lowest BCUT2D eigenvalue weighted by molar-refractivity contribution is 0.261. The number of rotatable bonds is 5. The van der Waals surface area contributed by atoms with Crippen molar-refractivity contribution in [3.05, 3.63) is 41.5 Å². The highest BCUT2D eigenvalue weighted by molar-refractivity contribution is 7.89. The monoisotopic (exact) mass is 371 g/mol. The van der Waals surface area contributed by atoms with Gasteiger partial charge in [-0.05, 0) is 37.3 Å². The third-order valence-electron chi connectivity index (χ3n) is 4.43. The van der Waals surface area contributed by atoms with Gasteiger partial charge in [-0.25, -0.2) is 17.2 Å². The highest BCUT2D eigenvalue weighted by atomic mass is 32.2. The molecule has 0 radical (unpaired) electrons. The second kappa shape index (κ2) is 7.17. The van der Waals surface area contributed by atoms with Gasteiger partial charge in [0.15, 0.2) is 5.82 Å². The molecule has 1 fully saturated rings. The summed E-state index contributed by atoms with van der Waals surface area (Å²) in [7, 11) is -3.94. The van der Waals surface area contributed by atoms with Crippen LogP contribution in [0.3, 0.4) is 0 Å². The van der Waals surface area contributed by atoms with Gasteiger partial charge in [-0.15, -0.1) is 0 Å². The Kier molecular flexibility index (Phi) is 5.14. The molecule has 0 aliphatic carbocycles. The van der Waals surface area contributed by atoms with Crippen molar-refractivity contribution in [2.75, 3.05) is 13.1 Å². The third kappa shape index (κ3) is 4.04. The van der Waals surface area contributed by atoms with Crippen molar-refractivity contribution in [3.63, 3.8) is 0 Å². The van der Waals surface area contributed by atoms with E-state index in [1.54, 1.807) is 6.92 Å². The molecule has 2 heterocycles. The Morgan fingerprint density at radius 2 is 2.00 bits per heavy atom. The first kappa shape index (κ1) is 17.9. The summed E-state index contributed by atoms with van der Waals surface area (Å²) in [6.07, 6.45) is 2.89. The Morgan fingerprint density at radius 3 is 2.60 bits per heavy atom. The maximum Gasteiger partial charge on any atom is 0.245 e. The molecule has 1 aromatic carbocycles. The molecule has 1 saturated heterocycles. The minimum Gasteiger partial charge on any atom is -0.340 e. The van der Waals surface area contributed by atoms with E-state index in [0.717, 1.165) is 18.6 Å². The molecular formula is C16H19F2N3O3S. The molecule has 3 rings (SSSR count). The summed E-state index contributed by atoms with van der Waals surface area (Å²) in [6, 6.07) is 2.52. The summed E-state index contributed by atoms with van der Waals surface area (Å²) in [5, 5.41) is 3.85. The Hall–Kier alpha value is -1.87. The molecule has 25 heavy (non-hydrogen) atoms. The van der Waals surface area contributed by atoms with Gasteiger partial charge < -0.3 is 4.52 Å². The summed E-state index contributed by atoms with van der Waals surface area (Å²) < 4.78 is 58.1. The fourth-order valence-corrected chi connectivity index (χ4v) is 4.55. The first-order valence-electron chi connectivity index (χ1n) is 8.10. The minimum absolute atomic E-state index is 0.315. The molecule has 0 saturated carbocycles. The molecular weight excluding hydrogens is 352 g/mol. The van der Waals surface area contributed by atoms with Crippen LogP contribution in [0.15, 0.2) is 27.6 Å². The Bertz CT molecular complexity index is 846. The van der Waals surface area contributed by atoms with Crippen LogP contribution in [0.1, 0.15) is 31.0 Å². The molecule has 6 nitrogen and oxygen atoms in total. The van der Waals surface area contributed by atoms with Crippen molar-refractivity contribution < 1.29 is 21.7 Å². The molecule has 136 valence electrons. The average molecular weight is 371 g/mol. The number of sulfonamides is 1. The van der Waals surface area contributed by atoms with E-state index in [1.165, 1.54) is 4.31 Å². The van der Waals surface area contributed by atoms with Gasteiger partial charge in [-0.2, -0.15) is 9.29 Å². The van der Waals surface area contributed by atoms with Gasteiger partial charge in [0.05, 0.1) is 0 Å². The predicted molar refractivity (Wildman–Crippen MR) is 85.2 cm³/mol. The van der Waals surface area contributed by atoms with E-state index in [2.05, 4.69) is 10.1 Å².